The molecule has 4 atom stereocenters. The average Bonchev–Trinajstić information content (AvgIpc) is 3.30. The SMILES string of the molecule is CCOC(=O)c1ccc(NC(=O)[C@H]2C[C@H]([C@H](C)O)N[C@]23C(=O)Nc2c(Cl)cccc23)cc1. The van der Waals surface area contributed by atoms with Crippen LogP contribution in [0.3, 0.4) is 0 Å². The van der Waals surface area contributed by atoms with Crippen LogP contribution in [-0.4, -0.2) is 41.6 Å². The van der Waals surface area contributed by atoms with Crippen LogP contribution in [0.2, 0.25) is 5.02 Å². The minimum Gasteiger partial charge on any atom is -0.462 e. The zero-order chi connectivity index (χ0) is 23.0. The molecular weight excluding hydrogens is 434 g/mol. The van der Waals surface area contributed by atoms with Crippen molar-refractivity contribution in [2.24, 2.45) is 5.92 Å². The fourth-order valence-electron chi connectivity index (χ4n) is 4.44. The van der Waals surface area contributed by atoms with Crippen LogP contribution in [0.1, 0.15) is 36.2 Å². The number of ether oxygens (including phenoxy) is 1. The Hall–Kier alpha value is -2.94. The molecule has 0 radical (unpaired) electrons. The molecule has 2 aromatic rings. The van der Waals surface area contributed by atoms with E-state index in [0.717, 1.165) is 0 Å². The van der Waals surface area contributed by atoms with Gasteiger partial charge in [0.05, 0.1) is 34.9 Å². The van der Waals surface area contributed by atoms with Crippen LogP contribution in [0.15, 0.2) is 42.5 Å². The summed E-state index contributed by atoms with van der Waals surface area (Å²) in [5.74, 6) is -2.01. The van der Waals surface area contributed by atoms with Crippen LogP contribution in [-0.2, 0) is 19.9 Å². The number of aliphatic hydroxyl groups excluding tert-OH is 1. The highest BCUT2D eigenvalue weighted by atomic mass is 35.5. The number of esters is 1. The van der Waals surface area contributed by atoms with E-state index < -0.39 is 29.6 Å². The lowest BCUT2D eigenvalue weighted by Crippen LogP contribution is -2.53. The number of anilines is 2. The molecule has 2 aliphatic heterocycles. The lowest BCUT2D eigenvalue weighted by Gasteiger charge is -2.29. The molecule has 32 heavy (non-hydrogen) atoms. The van der Waals surface area contributed by atoms with Crippen molar-refractivity contribution in [2.75, 3.05) is 17.2 Å². The van der Waals surface area contributed by atoms with Crippen LogP contribution < -0.4 is 16.0 Å². The van der Waals surface area contributed by atoms with Gasteiger partial charge in [0.1, 0.15) is 5.54 Å². The van der Waals surface area contributed by atoms with E-state index in [9.17, 15) is 19.5 Å². The van der Waals surface area contributed by atoms with Crippen molar-refractivity contribution in [1.29, 1.82) is 0 Å². The fourth-order valence-corrected chi connectivity index (χ4v) is 4.66. The van der Waals surface area contributed by atoms with E-state index in [0.29, 0.717) is 27.5 Å². The van der Waals surface area contributed by atoms with Gasteiger partial charge in [-0.05, 0) is 50.6 Å². The predicted octanol–water partition coefficient (Wildman–Crippen LogP) is 2.66. The van der Waals surface area contributed by atoms with E-state index in [-0.39, 0.29) is 24.8 Å². The lowest BCUT2D eigenvalue weighted by atomic mass is 9.79. The number of aliphatic hydroxyl groups is 1. The first-order valence-electron chi connectivity index (χ1n) is 10.4. The van der Waals surface area contributed by atoms with Crippen molar-refractivity contribution in [3.63, 3.8) is 0 Å². The number of para-hydroxylation sites is 1. The van der Waals surface area contributed by atoms with Crippen molar-refractivity contribution in [2.45, 2.75) is 38.0 Å². The number of halogens is 1. The molecule has 0 aromatic heterocycles. The van der Waals surface area contributed by atoms with Gasteiger partial charge in [-0.1, -0.05) is 23.7 Å². The Kier molecular flexibility index (Phi) is 5.94. The number of carbonyl (C=O) groups is 3. The molecule has 0 saturated carbocycles. The Morgan fingerprint density at radius 2 is 2.00 bits per heavy atom. The molecule has 8 nitrogen and oxygen atoms in total. The minimum absolute atomic E-state index is 0.254. The monoisotopic (exact) mass is 457 g/mol. The van der Waals surface area contributed by atoms with E-state index in [1.807, 2.05) is 0 Å². The van der Waals surface area contributed by atoms with Crippen LogP contribution in [0.5, 0.6) is 0 Å². The Morgan fingerprint density at radius 1 is 1.28 bits per heavy atom. The molecule has 2 aliphatic rings. The Labute approximate surface area is 190 Å². The number of rotatable bonds is 5. The Morgan fingerprint density at radius 3 is 2.66 bits per heavy atom. The highest BCUT2D eigenvalue weighted by molar-refractivity contribution is 6.35. The van der Waals surface area contributed by atoms with Crippen LogP contribution in [0.25, 0.3) is 0 Å². The van der Waals surface area contributed by atoms with Gasteiger partial charge < -0.3 is 20.5 Å². The molecular formula is C23H24ClN3O5. The fraction of sp³-hybridized carbons (Fsp3) is 0.348. The first-order chi connectivity index (χ1) is 15.3. The number of hydrogen-bond acceptors (Lipinski definition) is 6. The predicted molar refractivity (Wildman–Crippen MR) is 119 cm³/mol. The standard InChI is InChI=1S/C23H24ClN3O5/c1-3-32-21(30)13-7-9-14(10-8-13)25-20(29)16-11-18(12(2)28)27-23(16)15-5-4-6-17(24)19(15)26-22(23)31/h4-10,12,16,18,27-28H,3,11H2,1-2H3,(H,25,29)(H,26,31)/t12-,16+,18+,23-/m0/s1. The maximum absolute atomic E-state index is 13.4. The summed E-state index contributed by atoms with van der Waals surface area (Å²) in [5.41, 5.74) is 0.544. The van der Waals surface area contributed by atoms with E-state index in [2.05, 4.69) is 16.0 Å². The van der Waals surface area contributed by atoms with Crippen molar-refractivity contribution < 1.29 is 24.2 Å². The van der Waals surface area contributed by atoms with Crippen LogP contribution in [0.4, 0.5) is 11.4 Å². The molecule has 1 spiro atoms. The molecule has 4 rings (SSSR count). The molecule has 0 unspecified atom stereocenters. The number of carbonyl (C=O) groups excluding carboxylic acids is 3. The molecule has 9 heteroatoms. The Bertz CT molecular complexity index is 1070. The number of benzene rings is 2. The summed E-state index contributed by atoms with van der Waals surface area (Å²) in [6.07, 6.45) is -0.520. The highest BCUT2D eigenvalue weighted by Gasteiger charge is 2.61. The van der Waals surface area contributed by atoms with Gasteiger partial charge in [-0.3, -0.25) is 14.9 Å². The number of fused-ring (bicyclic) bond motifs is 2. The second kappa shape index (κ2) is 8.54. The van der Waals surface area contributed by atoms with Crippen LogP contribution >= 0.6 is 11.6 Å². The summed E-state index contributed by atoms with van der Waals surface area (Å²) in [7, 11) is 0. The summed E-state index contributed by atoms with van der Waals surface area (Å²) in [6, 6.07) is 11.0. The first kappa shape index (κ1) is 22.3. The van der Waals surface area contributed by atoms with Crippen molar-refractivity contribution >= 4 is 40.8 Å². The molecule has 4 N–H and O–H groups in total. The third-order valence-corrected chi connectivity index (χ3v) is 6.34. The first-order valence-corrected chi connectivity index (χ1v) is 10.8. The lowest BCUT2D eigenvalue weighted by molar-refractivity contribution is -0.130. The molecule has 2 aromatic carbocycles. The average molecular weight is 458 g/mol. The topological polar surface area (TPSA) is 117 Å². The van der Waals surface area contributed by atoms with Gasteiger partial charge in [-0.15, -0.1) is 0 Å². The van der Waals surface area contributed by atoms with Gasteiger partial charge in [-0.25, -0.2) is 4.79 Å². The van der Waals surface area contributed by atoms with Crippen molar-refractivity contribution in [3.05, 3.63) is 58.6 Å². The smallest absolute Gasteiger partial charge is 0.338 e. The normalized spacial score (nSPS) is 24.7. The summed E-state index contributed by atoms with van der Waals surface area (Å²) < 4.78 is 4.97. The number of hydrogen-bond donors (Lipinski definition) is 4. The van der Waals surface area contributed by atoms with E-state index >= 15 is 0 Å². The summed E-state index contributed by atoms with van der Waals surface area (Å²) in [6.45, 7) is 3.61. The highest BCUT2D eigenvalue weighted by Crippen LogP contribution is 2.49. The quantitative estimate of drug-likeness (QED) is 0.513. The van der Waals surface area contributed by atoms with Gasteiger partial charge in [0, 0.05) is 17.3 Å². The summed E-state index contributed by atoms with van der Waals surface area (Å²) in [4.78, 5) is 38.4. The number of nitrogens with one attached hydrogen (secondary N) is 3. The molecule has 2 amide bonds. The molecule has 2 heterocycles. The van der Waals surface area contributed by atoms with Crippen LogP contribution in [0, 0.1) is 5.92 Å². The second-order valence-electron chi connectivity index (χ2n) is 7.99. The largest absolute Gasteiger partial charge is 0.462 e. The molecule has 0 aliphatic carbocycles. The van der Waals surface area contributed by atoms with E-state index in [1.54, 1.807) is 56.3 Å². The summed E-state index contributed by atoms with van der Waals surface area (Å²) >= 11 is 6.29. The maximum atomic E-state index is 13.4. The third-order valence-electron chi connectivity index (χ3n) is 6.02. The van der Waals surface area contributed by atoms with Gasteiger partial charge in [0.15, 0.2) is 0 Å². The molecule has 1 fully saturated rings. The minimum atomic E-state index is -1.35. The van der Waals surface area contributed by atoms with E-state index in [4.69, 9.17) is 16.3 Å². The van der Waals surface area contributed by atoms with Gasteiger partial charge in [0.25, 0.3) is 0 Å². The maximum Gasteiger partial charge on any atom is 0.338 e. The van der Waals surface area contributed by atoms with E-state index in [1.165, 1.54) is 0 Å². The van der Waals surface area contributed by atoms with Gasteiger partial charge in [-0.2, -0.15) is 0 Å². The zero-order valence-electron chi connectivity index (χ0n) is 17.6. The zero-order valence-corrected chi connectivity index (χ0v) is 18.4. The van der Waals surface area contributed by atoms with Gasteiger partial charge >= 0.3 is 5.97 Å². The van der Waals surface area contributed by atoms with Crippen molar-refractivity contribution in [1.82, 2.24) is 5.32 Å². The molecule has 0 bridgehead atoms. The molecule has 168 valence electrons. The van der Waals surface area contributed by atoms with Gasteiger partial charge in [0.2, 0.25) is 11.8 Å². The second-order valence-corrected chi connectivity index (χ2v) is 8.40. The third kappa shape index (κ3) is 3.64. The Balaban J connectivity index is 1.64. The number of amides is 2. The molecule has 1 saturated heterocycles. The summed E-state index contributed by atoms with van der Waals surface area (Å²) in [5, 5.41) is 19.4. The van der Waals surface area contributed by atoms with Crippen molar-refractivity contribution in [3.8, 4) is 0 Å².